The van der Waals surface area contributed by atoms with Gasteiger partial charge in [0.05, 0.1) is 6.21 Å². The number of nitrogens with zero attached hydrogens (tertiary/aromatic N) is 4. The topological polar surface area (TPSA) is 43.1 Å². The number of hydrogen-bond acceptors (Lipinski definition) is 4. The lowest BCUT2D eigenvalue weighted by Crippen LogP contribution is -2.02. The van der Waals surface area contributed by atoms with E-state index in [-0.39, 0.29) is 11.7 Å². The van der Waals surface area contributed by atoms with Crippen LogP contribution in [0.1, 0.15) is 36.7 Å². The summed E-state index contributed by atoms with van der Waals surface area (Å²) in [5, 5.41) is 13.6. The Labute approximate surface area is 164 Å². The first-order chi connectivity index (χ1) is 12.5. The Balaban J connectivity index is 1.84. The zero-order chi connectivity index (χ0) is 18.5. The summed E-state index contributed by atoms with van der Waals surface area (Å²) in [6.07, 6.45) is 1.51. The van der Waals surface area contributed by atoms with E-state index in [1.54, 1.807) is 34.6 Å². The fraction of sp³-hybridized carbons (Fsp3) is 0.211. The molecule has 0 aliphatic heterocycles. The maximum atomic E-state index is 13.8. The van der Waals surface area contributed by atoms with E-state index in [2.05, 4.69) is 43.4 Å². The molecule has 0 unspecified atom stereocenters. The van der Waals surface area contributed by atoms with Crippen molar-refractivity contribution in [3.05, 3.63) is 75.8 Å². The lowest BCUT2D eigenvalue weighted by atomic mass is 10.2. The molecule has 0 aliphatic carbocycles. The molecule has 26 heavy (non-hydrogen) atoms. The van der Waals surface area contributed by atoms with Crippen LogP contribution in [0.25, 0.3) is 0 Å². The molecule has 0 amide bonds. The predicted octanol–water partition coefficient (Wildman–Crippen LogP) is 5.48. The second-order valence-corrected chi connectivity index (χ2v) is 7.85. The summed E-state index contributed by atoms with van der Waals surface area (Å²) in [6.45, 7) is 4.06. The molecule has 0 aliphatic rings. The van der Waals surface area contributed by atoms with Crippen LogP contribution in [0.15, 0.2) is 63.3 Å². The smallest absolute Gasteiger partial charge is 0.206 e. The van der Waals surface area contributed by atoms with Crippen LogP contribution in [-0.2, 0) is 5.75 Å². The SMILES string of the molecule is CC(C)c1nnc(SCc2ccc(Br)cc2)n1/N=C\c1ccccc1F. The van der Waals surface area contributed by atoms with Crippen molar-refractivity contribution in [3.8, 4) is 0 Å². The molecule has 0 saturated carbocycles. The Kier molecular flexibility index (Phi) is 6.21. The molecule has 1 heterocycles. The van der Waals surface area contributed by atoms with Crippen LogP contribution in [0.5, 0.6) is 0 Å². The summed E-state index contributed by atoms with van der Waals surface area (Å²) >= 11 is 4.99. The minimum Gasteiger partial charge on any atom is -0.206 e. The highest BCUT2D eigenvalue weighted by atomic mass is 79.9. The normalized spacial score (nSPS) is 11.6. The van der Waals surface area contributed by atoms with Gasteiger partial charge in [-0.15, -0.1) is 10.2 Å². The lowest BCUT2D eigenvalue weighted by Gasteiger charge is -2.07. The predicted molar refractivity (Wildman–Crippen MR) is 107 cm³/mol. The third-order valence-electron chi connectivity index (χ3n) is 3.65. The van der Waals surface area contributed by atoms with Gasteiger partial charge in [-0.05, 0) is 23.8 Å². The third kappa shape index (κ3) is 4.59. The van der Waals surface area contributed by atoms with Crippen molar-refractivity contribution >= 4 is 33.9 Å². The second-order valence-electron chi connectivity index (χ2n) is 5.99. The molecule has 2 aromatic carbocycles. The third-order valence-corrected chi connectivity index (χ3v) is 5.17. The van der Waals surface area contributed by atoms with Gasteiger partial charge in [0.1, 0.15) is 5.82 Å². The summed E-state index contributed by atoms with van der Waals surface area (Å²) in [5.74, 6) is 1.34. The molecule has 0 atom stereocenters. The van der Waals surface area contributed by atoms with E-state index in [1.165, 1.54) is 17.8 Å². The highest BCUT2D eigenvalue weighted by Gasteiger charge is 2.15. The van der Waals surface area contributed by atoms with Crippen molar-refractivity contribution < 1.29 is 4.39 Å². The van der Waals surface area contributed by atoms with Crippen molar-refractivity contribution in [3.63, 3.8) is 0 Å². The van der Waals surface area contributed by atoms with Gasteiger partial charge in [-0.2, -0.15) is 9.78 Å². The van der Waals surface area contributed by atoms with Crippen LogP contribution >= 0.6 is 27.7 Å². The molecule has 4 nitrogen and oxygen atoms in total. The molecular weight excluding hydrogens is 415 g/mol. The van der Waals surface area contributed by atoms with Crippen molar-refractivity contribution in [1.29, 1.82) is 0 Å². The van der Waals surface area contributed by atoms with Crippen molar-refractivity contribution in [2.45, 2.75) is 30.7 Å². The van der Waals surface area contributed by atoms with E-state index in [0.717, 1.165) is 16.0 Å². The van der Waals surface area contributed by atoms with Crippen LogP contribution in [0.2, 0.25) is 0 Å². The molecule has 3 aromatic rings. The number of halogens is 2. The zero-order valence-electron chi connectivity index (χ0n) is 14.4. The number of hydrogen-bond donors (Lipinski definition) is 0. The molecule has 0 N–H and O–H groups in total. The quantitative estimate of drug-likeness (QED) is 0.382. The van der Waals surface area contributed by atoms with Gasteiger partial charge in [0.2, 0.25) is 5.16 Å². The monoisotopic (exact) mass is 432 g/mol. The van der Waals surface area contributed by atoms with Crippen LogP contribution in [0.4, 0.5) is 4.39 Å². The number of benzene rings is 2. The van der Waals surface area contributed by atoms with E-state index in [4.69, 9.17) is 0 Å². The van der Waals surface area contributed by atoms with Crippen molar-refractivity contribution in [2.75, 3.05) is 0 Å². The number of aromatic nitrogens is 3. The first-order valence-corrected chi connectivity index (χ1v) is 9.94. The Hall–Kier alpha value is -1.99. The van der Waals surface area contributed by atoms with Gasteiger partial charge >= 0.3 is 0 Å². The molecule has 0 saturated heterocycles. The highest BCUT2D eigenvalue weighted by molar-refractivity contribution is 9.10. The van der Waals surface area contributed by atoms with Gasteiger partial charge in [-0.25, -0.2) is 4.39 Å². The highest BCUT2D eigenvalue weighted by Crippen LogP contribution is 2.25. The summed E-state index contributed by atoms with van der Waals surface area (Å²) in [6, 6.07) is 14.7. The Morgan fingerprint density at radius 2 is 1.88 bits per heavy atom. The van der Waals surface area contributed by atoms with Gasteiger partial charge in [0.15, 0.2) is 5.82 Å². The average molecular weight is 433 g/mol. The minimum absolute atomic E-state index is 0.155. The standard InChI is InChI=1S/C19H18BrFN4S/c1-13(2)18-23-24-19(26-12-14-7-9-16(20)10-8-14)25(18)22-11-15-5-3-4-6-17(15)21/h3-11,13H,12H2,1-2H3/b22-11-. The second kappa shape index (κ2) is 8.60. The maximum absolute atomic E-state index is 13.8. The largest absolute Gasteiger partial charge is 0.212 e. The maximum Gasteiger partial charge on any atom is 0.212 e. The molecular formula is C19H18BrFN4S. The molecule has 0 spiro atoms. The first-order valence-electron chi connectivity index (χ1n) is 8.16. The van der Waals surface area contributed by atoms with E-state index >= 15 is 0 Å². The van der Waals surface area contributed by atoms with Gasteiger partial charge < -0.3 is 0 Å². The molecule has 134 valence electrons. The fourth-order valence-electron chi connectivity index (χ4n) is 2.26. The van der Waals surface area contributed by atoms with E-state index < -0.39 is 0 Å². The molecule has 0 radical (unpaired) electrons. The Bertz CT molecular complexity index is 906. The fourth-order valence-corrected chi connectivity index (χ4v) is 3.38. The van der Waals surface area contributed by atoms with E-state index in [1.807, 2.05) is 26.0 Å². The summed E-state index contributed by atoms with van der Waals surface area (Å²) < 4.78 is 16.6. The van der Waals surface area contributed by atoms with Crippen LogP contribution in [-0.4, -0.2) is 21.1 Å². The molecule has 0 bridgehead atoms. The van der Waals surface area contributed by atoms with E-state index in [0.29, 0.717) is 10.7 Å². The zero-order valence-corrected chi connectivity index (χ0v) is 16.8. The van der Waals surface area contributed by atoms with Gasteiger partial charge in [-0.3, -0.25) is 0 Å². The molecule has 0 fully saturated rings. The first kappa shape index (κ1) is 18.8. The van der Waals surface area contributed by atoms with Gasteiger partial charge in [0, 0.05) is 21.7 Å². The molecule has 3 rings (SSSR count). The van der Waals surface area contributed by atoms with Crippen LogP contribution in [0.3, 0.4) is 0 Å². The summed E-state index contributed by atoms with van der Waals surface area (Å²) in [5.41, 5.74) is 1.61. The van der Waals surface area contributed by atoms with Crippen molar-refractivity contribution in [2.24, 2.45) is 5.10 Å². The Morgan fingerprint density at radius 3 is 2.58 bits per heavy atom. The lowest BCUT2D eigenvalue weighted by molar-refractivity contribution is 0.624. The minimum atomic E-state index is -0.306. The molecule has 1 aromatic heterocycles. The van der Waals surface area contributed by atoms with Crippen LogP contribution in [0, 0.1) is 5.82 Å². The summed E-state index contributed by atoms with van der Waals surface area (Å²) in [7, 11) is 0. The van der Waals surface area contributed by atoms with E-state index in [9.17, 15) is 4.39 Å². The number of thioether (sulfide) groups is 1. The van der Waals surface area contributed by atoms with Crippen LogP contribution < -0.4 is 0 Å². The Morgan fingerprint density at radius 1 is 1.15 bits per heavy atom. The number of rotatable bonds is 6. The summed E-state index contributed by atoms with van der Waals surface area (Å²) in [4.78, 5) is 0. The van der Waals surface area contributed by atoms with Gasteiger partial charge in [-0.1, -0.05) is 71.9 Å². The van der Waals surface area contributed by atoms with Crippen molar-refractivity contribution in [1.82, 2.24) is 14.9 Å². The van der Waals surface area contributed by atoms with Gasteiger partial charge in [0.25, 0.3) is 0 Å². The molecule has 7 heteroatoms. The average Bonchev–Trinajstić information content (AvgIpc) is 3.04.